The average Bonchev–Trinajstić information content (AvgIpc) is 3.24. The molecule has 1 aliphatic rings. The van der Waals surface area contributed by atoms with Crippen LogP contribution in [-0.2, 0) is 30.2 Å². The molecule has 1 aliphatic heterocycles. The fourth-order valence-electron chi connectivity index (χ4n) is 4.00. The van der Waals surface area contributed by atoms with Crippen LogP contribution < -0.4 is 0 Å². The highest BCUT2D eigenvalue weighted by molar-refractivity contribution is 5.90. The van der Waals surface area contributed by atoms with E-state index < -0.39 is 6.23 Å². The van der Waals surface area contributed by atoms with Crippen LogP contribution >= 0.6 is 0 Å². The molecule has 0 saturated carbocycles. The van der Waals surface area contributed by atoms with Crippen LogP contribution in [0.5, 0.6) is 0 Å². The minimum absolute atomic E-state index is 0.0615. The highest BCUT2D eigenvalue weighted by atomic mass is 16.6. The topological polar surface area (TPSA) is 65.1 Å². The van der Waals surface area contributed by atoms with Crippen LogP contribution in [0.15, 0.2) is 54.6 Å². The van der Waals surface area contributed by atoms with E-state index in [1.165, 1.54) is 20.3 Å². The number of aryl methyl sites for hydroxylation is 1. The van der Waals surface area contributed by atoms with Gasteiger partial charge in [-0.05, 0) is 49.5 Å². The van der Waals surface area contributed by atoms with Gasteiger partial charge in [-0.3, -0.25) is 4.90 Å². The SMILES string of the molecule is COC(=O)/C=C(\C)c1ccc(CC(C)N2CC(c3cccc(C)c3)OC2C(=O)OC)cc1. The summed E-state index contributed by atoms with van der Waals surface area (Å²) >= 11 is 0. The molecule has 32 heavy (non-hydrogen) atoms. The van der Waals surface area contributed by atoms with E-state index in [1.807, 2.05) is 56.3 Å². The van der Waals surface area contributed by atoms with Gasteiger partial charge in [-0.1, -0.05) is 54.1 Å². The number of ether oxygens (including phenoxy) is 3. The molecule has 0 aliphatic carbocycles. The fourth-order valence-corrected chi connectivity index (χ4v) is 4.00. The quantitative estimate of drug-likeness (QED) is 0.481. The zero-order valence-corrected chi connectivity index (χ0v) is 19.3. The van der Waals surface area contributed by atoms with Crippen molar-refractivity contribution in [3.63, 3.8) is 0 Å². The van der Waals surface area contributed by atoms with Gasteiger partial charge in [-0.15, -0.1) is 0 Å². The summed E-state index contributed by atoms with van der Waals surface area (Å²) < 4.78 is 15.8. The third-order valence-corrected chi connectivity index (χ3v) is 5.83. The molecule has 1 saturated heterocycles. The molecule has 2 aromatic rings. The van der Waals surface area contributed by atoms with E-state index in [0.717, 1.165) is 34.2 Å². The van der Waals surface area contributed by atoms with Gasteiger partial charge in [0.2, 0.25) is 6.23 Å². The van der Waals surface area contributed by atoms with Gasteiger partial charge >= 0.3 is 11.9 Å². The number of methoxy groups -OCH3 is 2. The van der Waals surface area contributed by atoms with E-state index in [4.69, 9.17) is 14.2 Å². The monoisotopic (exact) mass is 437 g/mol. The molecule has 3 unspecified atom stereocenters. The molecule has 6 heteroatoms. The molecule has 1 fully saturated rings. The van der Waals surface area contributed by atoms with Crippen LogP contribution in [0.2, 0.25) is 0 Å². The van der Waals surface area contributed by atoms with Crippen LogP contribution in [0.4, 0.5) is 0 Å². The van der Waals surface area contributed by atoms with Crippen LogP contribution in [0.25, 0.3) is 5.57 Å². The van der Waals surface area contributed by atoms with Gasteiger partial charge in [-0.2, -0.15) is 0 Å². The van der Waals surface area contributed by atoms with E-state index in [-0.39, 0.29) is 24.1 Å². The summed E-state index contributed by atoms with van der Waals surface area (Å²) in [5, 5.41) is 0. The molecule has 6 nitrogen and oxygen atoms in total. The Bertz CT molecular complexity index is 982. The first-order valence-corrected chi connectivity index (χ1v) is 10.7. The second kappa shape index (κ2) is 10.6. The van der Waals surface area contributed by atoms with Gasteiger partial charge in [0.1, 0.15) is 0 Å². The number of carbonyl (C=O) groups is 2. The second-order valence-electron chi connectivity index (χ2n) is 8.21. The number of carbonyl (C=O) groups excluding carboxylic acids is 2. The third-order valence-electron chi connectivity index (χ3n) is 5.83. The van der Waals surface area contributed by atoms with Crippen LogP contribution in [0.1, 0.15) is 42.2 Å². The van der Waals surface area contributed by atoms with Crippen molar-refractivity contribution < 1.29 is 23.8 Å². The van der Waals surface area contributed by atoms with E-state index in [0.29, 0.717) is 6.54 Å². The first-order chi connectivity index (χ1) is 15.3. The maximum absolute atomic E-state index is 12.4. The molecule has 2 aromatic carbocycles. The summed E-state index contributed by atoms with van der Waals surface area (Å²) in [6.07, 6.45) is 1.31. The van der Waals surface area contributed by atoms with Gasteiger partial charge in [0, 0.05) is 18.7 Å². The van der Waals surface area contributed by atoms with Crippen molar-refractivity contribution in [1.29, 1.82) is 0 Å². The van der Waals surface area contributed by atoms with Gasteiger partial charge < -0.3 is 14.2 Å². The minimum atomic E-state index is -0.731. The van der Waals surface area contributed by atoms with Crippen molar-refractivity contribution in [2.75, 3.05) is 20.8 Å². The Balaban J connectivity index is 1.73. The zero-order chi connectivity index (χ0) is 23.3. The Morgan fingerprint density at radius 2 is 1.88 bits per heavy atom. The van der Waals surface area contributed by atoms with Gasteiger partial charge in [0.05, 0.1) is 20.3 Å². The predicted molar refractivity (Wildman–Crippen MR) is 123 cm³/mol. The first-order valence-electron chi connectivity index (χ1n) is 10.7. The number of benzene rings is 2. The van der Waals surface area contributed by atoms with Crippen LogP contribution in [0, 0.1) is 6.92 Å². The van der Waals surface area contributed by atoms with Crippen molar-refractivity contribution in [2.45, 2.75) is 45.6 Å². The molecule has 3 atom stereocenters. The Morgan fingerprint density at radius 3 is 2.50 bits per heavy atom. The standard InChI is InChI=1S/C26H31NO5/c1-17-7-6-8-22(13-17)23-16-27(25(32-23)26(29)31-5)19(3)15-20-9-11-21(12-10-20)18(2)14-24(28)30-4/h6-14,19,23,25H,15-16H2,1-5H3/b18-14+. The Kier molecular flexibility index (Phi) is 7.83. The number of hydrogen-bond donors (Lipinski definition) is 0. The Labute approximate surface area is 189 Å². The number of esters is 2. The number of hydrogen-bond acceptors (Lipinski definition) is 6. The lowest BCUT2D eigenvalue weighted by Gasteiger charge is -2.27. The van der Waals surface area contributed by atoms with E-state index in [1.54, 1.807) is 0 Å². The van der Waals surface area contributed by atoms with Crippen molar-refractivity contribution in [3.8, 4) is 0 Å². The molecule has 0 spiro atoms. The average molecular weight is 438 g/mol. The molecular formula is C26H31NO5. The maximum Gasteiger partial charge on any atom is 0.350 e. The van der Waals surface area contributed by atoms with Crippen molar-refractivity contribution in [1.82, 2.24) is 4.90 Å². The number of allylic oxidation sites excluding steroid dienone is 1. The van der Waals surface area contributed by atoms with Crippen LogP contribution in [-0.4, -0.2) is 49.9 Å². The molecule has 0 bridgehead atoms. The maximum atomic E-state index is 12.4. The summed E-state index contributed by atoms with van der Waals surface area (Å²) in [6, 6.07) is 16.3. The molecule has 0 radical (unpaired) electrons. The predicted octanol–water partition coefficient (Wildman–Crippen LogP) is 4.07. The summed E-state index contributed by atoms with van der Waals surface area (Å²) in [4.78, 5) is 25.9. The second-order valence-corrected chi connectivity index (χ2v) is 8.21. The van der Waals surface area contributed by atoms with E-state index in [2.05, 4.69) is 17.9 Å². The minimum Gasteiger partial charge on any atom is -0.466 e. The fraction of sp³-hybridized carbons (Fsp3) is 0.385. The van der Waals surface area contributed by atoms with Crippen molar-refractivity contribution in [2.24, 2.45) is 0 Å². The van der Waals surface area contributed by atoms with Crippen molar-refractivity contribution >= 4 is 17.5 Å². The molecule has 0 amide bonds. The molecule has 170 valence electrons. The molecule has 0 N–H and O–H groups in total. The lowest BCUT2D eigenvalue weighted by atomic mass is 10.0. The first kappa shape index (κ1) is 23.7. The lowest BCUT2D eigenvalue weighted by Crippen LogP contribution is -2.44. The third kappa shape index (κ3) is 5.64. The number of nitrogens with zero attached hydrogens (tertiary/aromatic N) is 1. The van der Waals surface area contributed by atoms with Crippen LogP contribution in [0.3, 0.4) is 0 Å². The molecular weight excluding hydrogens is 406 g/mol. The summed E-state index contributed by atoms with van der Waals surface area (Å²) in [7, 11) is 2.75. The summed E-state index contributed by atoms with van der Waals surface area (Å²) in [5.41, 5.74) is 5.16. The molecule has 0 aromatic heterocycles. The largest absolute Gasteiger partial charge is 0.466 e. The van der Waals surface area contributed by atoms with Gasteiger partial charge in [-0.25, -0.2) is 9.59 Å². The van der Waals surface area contributed by atoms with E-state index in [9.17, 15) is 9.59 Å². The van der Waals surface area contributed by atoms with E-state index >= 15 is 0 Å². The highest BCUT2D eigenvalue weighted by Gasteiger charge is 2.41. The van der Waals surface area contributed by atoms with Crippen molar-refractivity contribution in [3.05, 3.63) is 76.9 Å². The Hall–Kier alpha value is -2.96. The number of rotatable bonds is 7. The normalized spacial score (nSPS) is 20.1. The summed E-state index contributed by atoms with van der Waals surface area (Å²) in [6.45, 7) is 6.63. The lowest BCUT2D eigenvalue weighted by molar-refractivity contribution is -0.162. The van der Waals surface area contributed by atoms with Gasteiger partial charge in [0.15, 0.2) is 0 Å². The smallest absolute Gasteiger partial charge is 0.350 e. The molecule has 1 heterocycles. The Morgan fingerprint density at radius 1 is 1.16 bits per heavy atom. The zero-order valence-electron chi connectivity index (χ0n) is 19.3. The summed E-state index contributed by atoms with van der Waals surface area (Å²) in [5.74, 6) is -0.753. The van der Waals surface area contributed by atoms with Gasteiger partial charge in [0.25, 0.3) is 0 Å². The molecule has 3 rings (SSSR count). The highest BCUT2D eigenvalue weighted by Crippen LogP contribution is 2.32.